The Balaban J connectivity index is 1.90. The van der Waals surface area contributed by atoms with Gasteiger partial charge in [0, 0.05) is 6.61 Å². The number of nitrogens with one attached hydrogen (secondary N) is 2. The van der Waals surface area contributed by atoms with E-state index in [4.69, 9.17) is 9.52 Å². The highest BCUT2D eigenvalue weighted by Crippen LogP contribution is 2.15. The summed E-state index contributed by atoms with van der Waals surface area (Å²) in [5.74, 6) is -0.169. The summed E-state index contributed by atoms with van der Waals surface area (Å²) in [4.78, 5) is 24.0. The molecule has 2 rings (SSSR count). The largest absolute Gasteiger partial charge is 0.469 e. The van der Waals surface area contributed by atoms with Crippen molar-refractivity contribution in [2.45, 2.75) is 19.4 Å². The zero-order valence-electron chi connectivity index (χ0n) is 12.9. The van der Waals surface area contributed by atoms with Crippen molar-refractivity contribution in [3.63, 3.8) is 0 Å². The fourth-order valence-corrected chi connectivity index (χ4v) is 2.26. The highest BCUT2D eigenvalue weighted by Gasteiger charge is 2.16. The Morgan fingerprint density at radius 3 is 2.57 bits per heavy atom. The SMILES string of the molecule is Cc1occc1C(=O)NCC(=O)NC(CCO)c1ccccc1. The molecule has 1 unspecified atom stereocenters. The Morgan fingerprint density at radius 2 is 1.96 bits per heavy atom. The number of furan rings is 1. The van der Waals surface area contributed by atoms with Crippen molar-refractivity contribution in [2.75, 3.05) is 13.2 Å². The van der Waals surface area contributed by atoms with Crippen LogP contribution in [0.5, 0.6) is 0 Å². The summed E-state index contributed by atoms with van der Waals surface area (Å²) in [5.41, 5.74) is 1.32. The van der Waals surface area contributed by atoms with E-state index in [2.05, 4.69) is 10.6 Å². The van der Waals surface area contributed by atoms with Crippen molar-refractivity contribution < 1.29 is 19.1 Å². The number of benzene rings is 1. The number of aliphatic hydroxyl groups excluding tert-OH is 1. The third-order valence-electron chi connectivity index (χ3n) is 3.47. The van der Waals surface area contributed by atoms with E-state index < -0.39 is 0 Å². The molecule has 1 aromatic carbocycles. The van der Waals surface area contributed by atoms with Gasteiger partial charge in [0.1, 0.15) is 5.76 Å². The third-order valence-corrected chi connectivity index (χ3v) is 3.47. The summed E-state index contributed by atoms with van der Waals surface area (Å²) < 4.78 is 5.06. The van der Waals surface area contributed by atoms with E-state index in [1.54, 1.807) is 13.0 Å². The molecule has 0 saturated carbocycles. The predicted octanol–water partition coefficient (Wildman–Crippen LogP) is 1.56. The summed E-state index contributed by atoms with van der Waals surface area (Å²) in [7, 11) is 0. The molecule has 2 aromatic rings. The first kappa shape index (κ1) is 16.8. The molecule has 0 bridgehead atoms. The topological polar surface area (TPSA) is 91.6 Å². The molecule has 3 N–H and O–H groups in total. The second kappa shape index (κ2) is 8.14. The lowest BCUT2D eigenvalue weighted by Crippen LogP contribution is -2.39. The van der Waals surface area contributed by atoms with Crippen LogP contribution in [0.25, 0.3) is 0 Å². The van der Waals surface area contributed by atoms with E-state index in [1.165, 1.54) is 6.26 Å². The predicted molar refractivity (Wildman–Crippen MR) is 84.8 cm³/mol. The second-order valence-electron chi connectivity index (χ2n) is 5.12. The van der Waals surface area contributed by atoms with Gasteiger partial charge in [-0.3, -0.25) is 9.59 Å². The highest BCUT2D eigenvalue weighted by atomic mass is 16.3. The van der Waals surface area contributed by atoms with Crippen molar-refractivity contribution in [1.82, 2.24) is 10.6 Å². The molecule has 1 heterocycles. The minimum atomic E-state index is -0.357. The van der Waals surface area contributed by atoms with Crippen LogP contribution in [0.3, 0.4) is 0 Å². The van der Waals surface area contributed by atoms with Gasteiger partial charge in [0.15, 0.2) is 0 Å². The number of hydrogen-bond acceptors (Lipinski definition) is 4. The van der Waals surface area contributed by atoms with E-state index in [0.29, 0.717) is 17.7 Å². The highest BCUT2D eigenvalue weighted by molar-refractivity contribution is 5.97. The van der Waals surface area contributed by atoms with Crippen molar-refractivity contribution in [2.24, 2.45) is 0 Å². The van der Waals surface area contributed by atoms with Gasteiger partial charge >= 0.3 is 0 Å². The maximum absolute atomic E-state index is 12.0. The van der Waals surface area contributed by atoms with Gasteiger partial charge in [0.05, 0.1) is 24.4 Å². The van der Waals surface area contributed by atoms with E-state index in [0.717, 1.165) is 5.56 Å². The molecule has 6 heteroatoms. The van der Waals surface area contributed by atoms with Crippen molar-refractivity contribution in [3.05, 3.63) is 59.5 Å². The van der Waals surface area contributed by atoms with Crippen LogP contribution in [0.15, 0.2) is 47.1 Å². The third kappa shape index (κ3) is 4.69. The van der Waals surface area contributed by atoms with Crippen molar-refractivity contribution in [3.8, 4) is 0 Å². The van der Waals surface area contributed by atoms with Crippen LogP contribution >= 0.6 is 0 Å². The summed E-state index contributed by atoms with van der Waals surface area (Å²) in [5, 5.41) is 14.5. The molecule has 0 spiro atoms. The minimum Gasteiger partial charge on any atom is -0.469 e. The average molecular weight is 316 g/mol. The number of amides is 2. The Hall–Kier alpha value is -2.60. The van der Waals surface area contributed by atoms with Crippen LogP contribution in [-0.4, -0.2) is 30.1 Å². The van der Waals surface area contributed by atoms with Gasteiger partial charge in [0.2, 0.25) is 5.91 Å². The lowest BCUT2D eigenvalue weighted by molar-refractivity contribution is -0.121. The summed E-state index contributed by atoms with van der Waals surface area (Å²) in [6.45, 7) is 1.50. The number of carbonyl (C=O) groups is 2. The number of hydrogen-bond donors (Lipinski definition) is 3. The van der Waals surface area contributed by atoms with Crippen molar-refractivity contribution >= 4 is 11.8 Å². The lowest BCUT2D eigenvalue weighted by atomic mass is 10.0. The maximum atomic E-state index is 12.0. The molecule has 1 atom stereocenters. The number of carbonyl (C=O) groups excluding carboxylic acids is 2. The lowest BCUT2D eigenvalue weighted by Gasteiger charge is -2.18. The van der Waals surface area contributed by atoms with E-state index in [9.17, 15) is 9.59 Å². The number of aliphatic hydroxyl groups is 1. The van der Waals surface area contributed by atoms with Crippen LogP contribution in [0.2, 0.25) is 0 Å². The Morgan fingerprint density at radius 1 is 1.22 bits per heavy atom. The van der Waals surface area contributed by atoms with Crippen LogP contribution in [0.1, 0.15) is 34.1 Å². The number of aryl methyl sites for hydroxylation is 1. The first-order valence-electron chi connectivity index (χ1n) is 7.39. The van der Waals surface area contributed by atoms with Crippen LogP contribution in [0.4, 0.5) is 0 Å². The average Bonchev–Trinajstić information content (AvgIpc) is 2.99. The molecule has 6 nitrogen and oxygen atoms in total. The smallest absolute Gasteiger partial charge is 0.255 e. The number of rotatable bonds is 7. The first-order chi connectivity index (χ1) is 11.1. The molecule has 0 aliphatic carbocycles. The first-order valence-corrected chi connectivity index (χ1v) is 7.39. The Kier molecular flexibility index (Phi) is 5.94. The van der Waals surface area contributed by atoms with E-state index in [-0.39, 0.29) is 31.0 Å². The molecule has 23 heavy (non-hydrogen) atoms. The van der Waals surface area contributed by atoms with Crippen molar-refractivity contribution in [1.29, 1.82) is 0 Å². The van der Waals surface area contributed by atoms with Gasteiger partial charge in [-0.05, 0) is 25.0 Å². The molecule has 0 radical (unpaired) electrons. The molecule has 0 aliphatic heterocycles. The van der Waals surface area contributed by atoms with Gasteiger partial charge in [0.25, 0.3) is 5.91 Å². The quantitative estimate of drug-likeness (QED) is 0.723. The Labute approximate surface area is 134 Å². The van der Waals surface area contributed by atoms with Crippen LogP contribution in [0, 0.1) is 6.92 Å². The zero-order chi connectivity index (χ0) is 16.7. The molecule has 1 aromatic heterocycles. The van der Waals surface area contributed by atoms with Gasteiger partial charge in [-0.15, -0.1) is 0 Å². The summed E-state index contributed by atoms with van der Waals surface area (Å²) >= 11 is 0. The summed E-state index contributed by atoms with van der Waals surface area (Å²) in [6.07, 6.45) is 1.83. The molecule has 0 saturated heterocycles. The molecule has 2 amide bonds. The van der Waals surface area contributed by atoms with Crippen LogP contribution in [-0.2, 0) is 4.79 Å². The standard InChI is InChI=1S/C17H20N2O4/c1-12-14(8-10-23-12)17(22)18-11-16(21)19-15(7-9-20)13-5-3-2-4-6-13/h2-6,8,10,15,20H,7,9,11H2,1H3,(H,18,22)(H,19,21). The monoisotopic (exact) mass is 316 g/mol. The Bertz CT molecular complexity index is 652. The van der Waals surface area contributed by atoms with E-state index >= 15 is 0 Å². The molecule has 0 fully saturated rings. The normalized spacial score (nSPS) is 11.7. The van der Waals surface area contributed by atoms with Gasteiger partial charge in [-0.25, -0.2) is 0 Å². The molecular weight excluding hydrogens is 296 g/mol. The van der Waals surface area contributed by atoms with Gasteiger partial charge in [-0.2, -0.15) is 0 Å². The van der Waals surface area contributed by atoms with E-state index in [1.807, 2.05) is 30.3 Å². The molecule has 122 valence electrons. The maximum Gasteiger partial charge on any atom is 0.255 e. The minimum absolute atomic E-state index is 0.0413. The fourth-order valence-electron chi connectivity index (χ4n) is 2.26. The molecule has 0 aliphatic rings. The molecular formula is C17H20N2O4. The van der Waals surface area contributed by atoms with Gasteiger partial charge in [-0.1, -0.05) is 30.3 Å². The summed E-state index contributed by atoms with van der Waals surface area (Å²) in [6, 6.07) is 10.7. The van der Waals surface area contributed by atoms with Gasteiger partial charge < -0.3 is 20.2 Å². The fraction of sp³-hybridized carbons (Fsp3) is 0.294. The second-order valence-corrected chi connectivity index (χ2v) is 5.12. The van der Waals surface area contributed by atoms with Crippen LogP contribution < -0.4 is 10.6 Å². The zero-order valence-corrected chi connectivity index (χ0v) is 12.9.